The van der Waals surface area contributed by atoms with E-state index in [9.17, 15) is 9.90 Å². The van der Waals surface area contributed by atoms with Crippen molar-refractivity contribution in [3.05, 3.63) is 82.9 Å². The van der Waals surface area contributed by atoms with Gasteiger partial charge in [-0.1, -0.05) is 60.7 Å². The number of aliphatic hydroxyl groups is 1. The number of hydrogen-bond acceptors (Lipinski definition) is 3. The molecule has 1 N–H and O–H groups in total. The summed E-state index contributed by atoms with van der Waals surface area (Å²) in [6.07, 6.45) is 1.13. The lowest BCUT2D eigenvalue weighted by Crippen LogP contribution is -2.20. The van der Waals surface area contributed by atoms with E-state index in [2.05, 4.69) is 0 Å². The third kappa shape index (κ3) is 2.81. The molecule has 2 aromatic carbocycles. The maximum Gasteiger partial charge on any atom is 0.337 e. The van der Waals surface area contributed by atoms with Gasteiger partial charge < -0.3 is 9.84 Å². The standard InChI is InChI=1S/C19H18O3/c1-13(14-7-3-2-4-8-14)22-19(21)17-12-11-15-9-5-6-10-16(15)18(17)20/h2-10,12-13,18,20H,11H2,1H3/t13-,18?/m1/s1. The lowest BCUT2D eigenvalue weighted by Gasteiger charge is -2.23. The zero-order chi connectivity index (χ0) is 15.5. The average Bonchev–Trinajstić information content (AvgIpc) is 2.56. The first-order chi connectivity index (χ1) is 10.7. The molecule has 3 nitrogen and oxygen atoms in total. The van der Waals surface area contributed by atoms with Crippen molar-refractivity contribution in [3.8, 4) is 0 Å². The zero-order valence-electron chi connectivity index (χ0n) is 12.4. The summed E-state index contributed by atoms with van der Waals surface area (Å²) in [5, 5.41) is 10.4. The van der Waals surface area contributed by atoms with E-state index in [1.54, 1.807) is 6.08 Å². The van der Waals surface area contributed by atoms with Crippen molar-refractivity contribution in [1.82, 2.24) is 0 Å². The van der Waals surface area contributed by atoms with Crippen LogP contribution in [0.25, 0.3) is 0 Å². The summed E-state index contributed by atoms with van der Waals surface area (Å²) in [6.45, 7) is 1.83. The Morgan fingerprint density at radius 2 is 1.82 bits per heavy atom. The van der Waals surface area contributed by atoms with Crippen molar-refractivity contribution in [2.45, 2.75) is 25.6 Å². The Kier molecular flexibility index (Phi) is 4.07. The van der Waals surface area contributed by atoms with Gasteiger partial charge in [0.25, 0.3) is 0 Å². The number of ether oxygens (including phenoxy) is 1. The van der Waals surface area contributed by atoms with Crippen LogP contribution in [0.2, 0.25) is 0 Å². The van der Waals surface area contributed by atoms with Crippen molar-refractivity contribution < 1.29 is 14.6 Å². The molecule has 0 spiro atoms. The van der Waals surface area contributed by atoms with E-state index in [0.717, 1.165) is 16.7 Å². The van der Waals surface area contributed by atoms with Crippen LogP contribution in [0.5, 0.6) is 0 Å². The van der Waals surface area contributed by atoms with E-state index >= 15 is 0 Å². The van der Waals surface area contributed by atoms with Crippen LogP contribution in [-0.2, 0) is 16.0 Å². The molecule has 1 unspecified atom stereocenters. The lowest BCUT2D eigenvalue weighted by atomic mass is 9.89. The fourth-order valence-corrected chi connectivity index (χ4v) is 2.70. The summed E-state index contributed by atoms with van der Waals surface area (Å²) in [6, 6.07) is 17.2. The molecule has 3 rings (SSSR count). The molecule has 0 fully saturated rings. The predicted molar refractivity (Wildman–Crippen MR) is 84.1 cm³/mol. The summed E-state index contributed by atoms with van der Waals surface area (Å²) in [7, 11) is 0. The van der Waals surface area contributed by atoms with Crippen LogP contribution in [0.15, 0.2) is 66.2 Å². The maximum absolute atomic E-state index is 12.4. The number of benzene rings is 2. The van der Waals surface area contributed by atoms with Gasteiger partial charge >= 0.3 is 5.97 Å². The summed E-state index contributed by atoms with van der Waals surface area (Å²) in [4.78, 5) is 12.4. The van der Waals surface area contributed by atoms with Gasteiger partial charge in [-0.15, -0.1) is 0 Å². The number of esters is 1. The Balaban J connectivity index is 1.75. The van der Waals surface area contributed by atoms with E-state index in [0.29, 0.717) is 12.0 Å². The lowest BCUT2D eigenvalue weighted by molar-refractivity contribution is -0.145. The molecule has 0 saturated heterocycles. The van der Waals surface area contributed by atoms with Crippen LogP contribution in [0.4, 0.5) is 0 Å². The Morgan fingerprint density at radius 1 is 1.14 bits per heavy atom. The SMILES string of the molecule is C[C@@H](OC(=O)C1=CCc2ccccc2C1O)c1ccccc1. The summed E-state index contributed by atoms with van der Waals surface area (Å²) in [5.74, 6) is -0.460. The number of fused-ring (bicyclic) bond motifs is 1. The van der Waals surface area contributed by atoms with Crippen molar-refractivity contribution >= 4 is 5.97 Å². The summed E-state index contributed by atoms with van der Waals surface area (Å²) < 4.78 is 5.49. The van der Waals surface area contributed by atoms with Gasteiger partial charge in [0.1, 0.15) is 12.2 Å². The zero-order valence-corrected chi connectivity index (χ0v) is 12.4. The molecule has 1 aliphatic carbocycles. The largest absolute Gasteiger partial charge is 0.454 e. The molecule has 0 heterocycles. The smallest absolute Gasteiger partial charge is 0.337 e. The van der Waals surface area contributed by atoms with E-state index in [4.69, 9.17) is 4.74 Å². The fraction of sp³-hybridized carbons (Fsp3) is 0.211. The van der Waals surface area contributed by atoms with Crippen LogP contribution < -0.4 is 0 Å². The van der Waals surface area contributed by atoms with Crippen LogP contribution >= 0.6 is 0 Å². The van der Waals surface area contributed by atoms with Crippen LogP contribution in [0, 0.1) is 0 Å². The Hall–Kier alpha value is -2.39. The van der Waals surface area contributed by atoms with Gasteiger partial charge in [-0.2, -0.15) is 0 Å². The van der Waals surface area contributed by atoms with Crippen molar-refractivity contribution in [3.63, 3.8) is 0 Å². The van der Waals surface area contributed by atoms with Gasteiger partial charge in [0, 0.05) is 0 Å². The molecule has 0 aliphatic heterocycles. The van der Waals surface area contributed by atoms with E-state index in [1.807, 2.05) is 61.5 Å². The molecule has 0 radical (unpaired) electrons. The average molecular weight is 294 g/mol. The molecule has 2 atom stereocenters. The fourth-order valence-electron chi connectivity index (χ4n) is 2.70. The minimum Gasteiger partial charge on any atom is -0.454 e. The Morgan fingerprint density at radius 3 is 2.59 bits per heavy atom. The van der Waals surface area contributed by atoms with Gasteiger partial charge in [-0.3, -0.25) is 0 Å². The monoisotopic (exact) mass is 294 g/mol. The minimum atomic E-state index is -0.916. The molecule has 0 saturated carbocycles. The molecule has 0 aromatic heterocycles. The number of hydrogen-bond donors (Lipinski definition) is 1. The molecule has 112 valence electrons. The van der Waals surface area contributed by atoms with Gasteiger partial charge in [0.2, 0.25) is 0 Å². The van der Waals surface area contributed by atoms with E-state index in [-0.39, 0.29) is 6.10 Å². The van der Waals surface area contributed by atoms with Gasteiger partial charge in [0.05, 0.1) is 5.57 Å². The van der Waals surface area contributed by atoms with Gasteiger partial charge in [-0.25, -0.2) is 4.79 Å². The Bertz CT molecular complexity index is 704. The highest BCUT2D eigenvalue weighted by atomic mass is 16.5. The molecular formula is C19H18O3. The first kappa shape index (κ1) is 14.5. The highest BCUT2D eigenvalue weighted by Crippen LogP contribution is 2.32. The van der Waals surface area contributed by atoms with Gasteiger partial charge in [-0.05, 0) is 30.0 Å². The molecule has 0 amide bonds. The molecule has 2 aromatic rings. The first-order valence-electron chi connectivity index (χ1n) is 7.38. The minimum absolute atomic E-state index is 0.321. The number of rotatable bonds is 3. The molecule has 3 heteroatoms. The van der Waals surface area contributed by atoms with Crippen LogP contribution in [0.3, 0.4) is 0 Å². The predicted octanol–water partition coefficient (Wildman–Crippen LogP) is 3.51. The quantitative estimate of drug-likeness (QED) is 0.881. The third-order valence-corrected chi connectivity index (χ3v) is 3.97. The first-order valence-corrected chi connectivity index (χ1v) is 7.38. The molecule has 22 heavy (non-hydrogen) atoms. The van der Waals surface area contributed by atoms with E-state index in [1.165, 1.54) is 0 Å². The van der Waals surface area contributed by atoms with Crippen LogP contribution in [-0.4, -0.2) is 11.1 Å². The second-order valence-electron chi connectivity index (χ2n) is 5.42. The highest BCUT2D eigenvalue weighted by Gasteiger charge is 2.27. The maximum atomic E-state index is 12.4. The number of aliphatic hydroxyl groups excluding tert-OH is 1. The van der Waals surface area contributed by atoms with E-state index < -0.39 is 12.1 Å². The van der Waals surface area contributed by atoms with Crippen molar-refractivity contribution in [1.29, 1.82) is 0 Å². The highest BCUT2D eigenvalue weighted by molar-refractivity contribution is 5.90. The third-order valence-electron chi connectivity index (χ3n) is 3.97. The number of allylic oxidation sites excluding steroid dienone is 1. The molecular weight excluding hydrogens is 276 g/mol. The number of carbonyl (C=O) groups excluding carboxylic acids is 1. The normalized spacial score (nSPS) is 18.1. The summed E-state index contributed by atoms with van der Waals surface area (Å²) >= 11 is 0. The van der Waals surface area contributed by atoms with Crippen LogP contribution in [0.1, 0.15) is 35.8 Å². The number of carbonyl (C=O) groups is 1. The van der Waals surface area contributed by atoms with Crippen molar-refractivity contribution in [2.24, 2.45) is 0 Å². The van der Waals surface area contributed by atoms with Gasteiger partial charge in [0.15, 0.2) is 0 Å². The second-order valence-corrected chi connectivity index (χ2v) is 5.42. The second kappa shape index (κ2) is 6.16. The van der Waals surface area contributed by atoms with Crippen molar-refractivity contribution in [2.75, 3.05) is 0 Å². The summed E-state index contributed by atoms with van der Waals surface area (Å²) in [5.41, 5.74) is 3.08. The Labute approximate surface area is 129 Å². The topological polar surface area (TPSA) is 46.5 Å². The molecule has 1 aliphatic rings. The molecule has 0 bridgehead atoms.